The van der Waals surface area contributed by atoms with Crippen molar-refractivity contribution in [1.29, 1.82) is 0 Å². The number of hydrogen-bond donors (Lipinski definition) is 4. The Hall–Kier alpha value is -4.56. The summed E-state index contributed by atoms with van der Waals surface area (Å²) in [5, 5.41) is 10.9. The summed E-state index contributed by atoms with van der Waals surface area (Å²) in [4.78, 5) is 56.5. The topological polar surface area (TPSA) is 217 Å². The molecule has 2 aliphatic heterocycles. The lowest BCUT2D eigenvalue weighted by atomic mass is 10.1. The average molecular weight is 816 g/mol. The van der Waals surface area contributed by atoms with Crippen molar-refractivity contribution in [3.63, 3.8) is 0 Å². The predicted octanol–water partition coefficient (Wildman–Crippen LogP) is 3.10. The van der Waals surface area contributed by atoms with Gasteiger partial charge in [-0.3, -0.25) is 19.1 Å². The standard InChI is InChI=1S/C34H44FN5O8S.C2HF3O2/c1-5-26-28(36)31(42)40-18-22(48-30-23-16-24(35)27(46-4)14-20(23)10-13-37-30)15-25(40)29(41)38-34(17-21(34)9-7-6-8-19(2)47-26)32(43)39-49(44,45)33(3)11-12-33;3-2(4,5)1(6)7/h7,9-10,13-14,16,19,21-22,25-26,28H,5-6,8,11-12,15,17-18,36H2,1-4H3,(H,38,41)(H,39,43);(H,6,7)/b9-7-;/t19-,21?,22-,25+,26+,28+,34?;/m1./s1. The Morgan fingerprint density at radius 1 is 1.23 bits per heavy atom. The van der Waals surface area contributed by atoms with Crippen molar-refractivity contribution in [1.82, 2.24) is 19.9 Å². The van der Waals surface area contributed by atoms with Crippen molar-refractivity contribution < 1.29 is 64.5 Å². The first kappa shape index (κ1) is 42.6. The number of ether oxygens (including phenoxy) is 3. The van der Waals surface area contributed by atoms with Crippen LogP contribution in [-0.4, -0.2) is 108 Å². The van der Waals surface area contributed by atoms with Gasteiger partial charge in [-0.25, -0.2) is 22.6 Å². The highest BCUT2D eigenvalue weighted by atomic mass is 32.2. The summed E-state index contributed by atoms with van der Waals surface area (Å²) in [6.07, 6.45) is 1.24. The molecule has 3 fully saturated rings. The number of nitrogens with zero attached hydrogens (tertiary/aromatic N) is 2. The van der Waals surface area contributed by atoms with Gasteiger partial charge in [0.05, 0.1) is 30.6 Å². The monoisotopic (exact) mass is 815 g/mol. The fraction of sp³-hybridized carbons (Fsp3) is 0.583. The molecule has 4 aliphatic rings. The van der Waals surface area contributed by atoms with E-state index in [2.05, 4.69) is 15.0 Å². The molecule has 20 heteroatoms. The van der Waals surface area contributed by atoms with E-state index in [-0.39, 0.29) is 37.1 Å². The zero-order valence-electron chi connectivity index (χ0n) is 31.1. The number of fused-ring (bicyclic) bond motifs is 3. The molecule has 56 heavy (non-hydrogen) atoms. The molecule has 2 aliphatic carbocycles. The largest absolute Gasteiger partial charge is 0.494 e. The van der Waals surface area contributed by atoms with E-state index >= 15 is 0 Å². The second-order valence-electron chi connectivity index (χ2n) is 14.7. The molecule has 1 saturated heterocycles. The summed E-state index contributed by atoms with van der Waals surface area (Å²) in [7, 11) is -2.62. The van der Waals surface area contributed by atoms with Crippen LogP contribution in [0, 0.1) is 11.7 Å². The van der Waals surface area contributed by atoms with Crippen molar-refractivity contribution in [2.75, 3.05) is 13.7 Å². The molecule has 7 atom stereocenters. The first-order chi connectivity index (χ1) is 26.2. The molecule has 3 amide bonds. The Balaban J connectivity index is 0.000000784. The predicted molar refractivity (Wildman–Crippen MR) is 191 cm³/mol. The number of aliphatic carboxylic acids is 1. The number of nitrogens with one attached hydrogen (secondary N) is 2. The Bertz CT molecular complexity index is 2000. The third-order valence-electron chi connectivity index (χ3n) is 10.6. The minimum atomic E-state index is -5.08. The molecule has 2 unspecified atom stereocenters. The van der Waals surface area contributed by atoms with Gasteiger partial charge < -0.3 is 35.3 Å². The Labute approximate surface area is 320 Å². The number of sulfonamides is 1. The molecule has 0 bridgehead atoms. The van der Waals surface area contributed by atoms with Crippen molar-refractivity contribution in [2.45, 2.75) is 113 Å². The van der Waals surface area contributed by atoms with Crippen molar-refractivity contribution in [3.8, 4) is 11.6 Å². The number of rotatable bonds is 7. The molecule has 2 saturated carbocycles. The molecular formula is C36H45F4N5O10S. The fourth-order valence-electron chi connectivity index (χ4n) is 6.74. The van der Waals surface area contributed by atoms with Crippen LogP contribution in [0.5, 0.6) is 11.6 Å². The Kier molecular flexibility index (Phi) is 12.3. The van der Waals surface area contributed by atoms with E-state index in [9.17, 15) is 40.4 Å². The quantitative estimate of drug-likeness (QED) is 0.234. The highest BCUT2D eigenvalue weighted by molar-refractivity contribution is 7.91. The first-order valence-corrected chi connectivity index (χ1v) is 19.5. The molecule has 1 aromatic carbocycles. The molecule has 2 aromatic rings. The zero-order valence-corrected chi connectivity index (χ0v) is 31.9. The maximum absolute atomic E-state index is 14.7. The first-order valence-electron chi connectivity index (χ1n) is 18.0. The van der Waals surface area contributed by atoms with Gasteiger partial charge in [0.1, 0.15) is 23.7 Å². The van der Waals surface area contributed by atoms with Crippen LogP contribution in [0.25, 0.3) is 10.8 Å². The van der Waals surface area contributed by atoms with E-state index in [4.69, 9.17) is 29.8 Å². The minimum Gasteiger partial charge on any atom is -0.494 e. The maximum atomic E-state index is 14.7. The maximum Gasteiger partial charge on any atom is 0.490 e. The Morgan fingerprint density at radius 2 is 1.91 bits per heavy atom. The number of aromatic nitrogens is 1. The van der Waals surface area contributed by atoms with Crippen LogP contribution in [-0.2, 0) is 33.9 Å². The van der Waals surface area contributed by atoms with Crippen LogP contribution < -0.4 is 25.2 Å². The number of carbonyl (C=O) groups excluding carboxylic acids is 3. The van der Waals surface area contributed by atoms with Crippen molar-refractivity contribution in [3.05, 3.63) is 42.4 Å². The lowest BCUT2D eigenvalue weighted by Crippen LogP contribution is -2.59. The van der Waals surface area contributed by atoms with Crippen LogP contribution in [0.2, 0.25) is 0 Å². The molecule has 1 aromatic heterocycles. The van der Waals surface area contributed by atoms with Crippen LogP contribution in [0.4, 0.5) is 17.6 Å². The fourth-order valence-corrected chi connectivity index (χ4v) is 8.05. The van der Waals surface area contributed by atoms with Crippen LogP contribution in [0.15, 0.2) is 36.5 Å². The van der Waals surface area contributed by atoms with Crippen LogP contribution >= 0.6 is 0 Å². The normalized spacial score (nSPS) is 29.6. The second-order valence-corrected chi connectivity index (χ2v) is 16.9. The van der Waals surface area contributed by atoms with E-state index in [1.807, 2.05) is 26.0 Å². The van der Waals surface area contributed by atoms with Gasteiger partial charge in [0.15, 0.2) is 11.6 Å². The van der Waals surface area contributed by atoms with E-state index in [1.54, 1.807) is 13.0 Å². The molecule has 308 valence electrons. The number of nitrogens with two attached hydrogens (primary N) is 1. The van der Waals surface area contributed by atoms with Crippen molar-refractivity contribution >= 4 is 44.5 Å². The molecule has 0 spiro atoms. The smallest absolute Gasteiger partial charge is 0.490 e. The number of hydrogen-bond acceptors (Lipinski definition) is 11. The molecule has 6 rings (SSSR count). The number of halogens is 4. The van der Waals surface area contributed by atoms with Crippen LogP contribution in [0.3, 0.4) is 0 Å². The van der Waals surface area contributed by atoms with Gasteiger partial charge in [0.2, 0.25) is 27.7 Å². The highest BCUT2D eigenvalue weighted by Gasteiger charge is 2.63. The number of allylic oxidation sites excluding steroid dienone is 1. The van der Waals surface area contributed by atoms with Gasteiger partial charge in [0.25, 0.3) is 5.91 Å². The van der Waals surface area contributed by atoms with E-state index in [1.165, 1.54) is 30.3 Å². The average Bonchev–Trinajstić information content (AvgIpc) is 4.01. The number of alkyl halides is 3. The van der Waals surface area contributed by atoms with E-state index in [0.29, 0.717) is 42.9 Å². The zero-order chi connectivity index (χ0) is 41.4. The third kappa shape index (κ3) is 9.01. The second kappa shape index (κ2) is 16.1. The number of benzene rings is 1. The lowest BCUT2D eigenvalue weighted by molar-refractivity contribution is -0.192. The van der Waals surface area contributed by atoms with Gasteiger partial charge in [-0.2, -0.15) is 13.2 Å². The summed E-state index contributed by atoms with van der Waals surface area (Å²) in [6.45, 7) is 5.29. The van der Waals surface area contributed by atoms with E-state index < -0.39 is 86.2 Å². The van der Waals surface area contributed by atoms with Gasteiger partial charge in [-0.1, -0.05) is 19.1 Å². The SMILES string of the molecule is CC[C@@H]1O[C@H](C)CC/C=C\C2CC2(C(=O)NS(=O)(=O)C2(C)CC2)NC(=O)[C@@H]2C[C@@H](Oc3nccc4cc(OC)c(F)cc34)CN2C(=O)[C@H]1N.O=C(O)C(F)(F)F. The molecule has 0 radical (unpaired) electrons. The number of methoxy groups -OCH3 is 1. The van der Waals surface area contributed by atoms with Gasteiger partial charge in [0, 0.05) is 23.9 Å². The molecule has 15 nitrogen and oxygen atoms in total. The molecular weight excluding hydrogens is 770 g/mol. The third-order valence-corrected chi connectivity index (χ3v) is 12.7. The summed E-state index contributed by atoms with van der Waals surface area (Å²) >= 11 is 0. The number of pyridine rings is 1. The molecule has 5 N–H and O–H groups in total. The van der Waals surface area contributed by atoms with E-state index in [0.717, 1.165) is 0 Å². The van der Waals surface area contributed by atoms with Gasteiger partial charge in [-0.15, -0.1) is 0 Å². The molecule has 3 heterocycles. The minimum absolute atomic E-state index is 0.00360. The summed E-state index contributed by atoms with van der Waals surface area (Å²) in [5.74, 6) is -5.66. The number of amides is 3. The highest BCUT2D eigenvalue weighted by Crippen LogP contribution is 2.47. The van der Waals surface area contributed by atoms with Crippen LogP contribution in [0.1, 0.15) is 65.7 Å². The lowest BCUT2D eigenvalue weighted by Gasteiger charge is -2.32. The van der Waals surface area contributed by atoms with Gasteiger partial charge >= 0.3 is 12.1 Å². The summed E-state index contributed by atoms with van der Waals surface area (Å²) < 4.78 is 91.3. The number of carbonyl (C=O) groups is 4. The van der Waals surface area contributed by atoms with Gasteiger partial charge in [-0.05, 0) is 76.0 Å². The number of carboxylic acid groups (broad SMARTS) is 1. The Morgan fingerprint density at radius 3 is 2.52 bits per heavy atom. The summed E-state index contributed by atoms with van der Waals surface area (Å²) in [5.41, 5.74) is 5.00. The summed E-state index contributed by atoms with van der Waals surface area (Å²) in [6, 6.07) is 2.23. The van der Waals surface area contributed by atoms with Crippen molar-refractivity contribution in [2.24, 2.45) is 11.7 Å². The number of carboxylic acids is 1.